The van der Waals surface area contributed by atoms with E-state index in [0.29, 0.717) is 0 Å². The Morgan fingerprint density at radius 2 is 1.25 bits per heavy atom. The number of rotatable bonds is 1. The van der Waals surface area contributed by atoms with E-state index in [-0.39, 0.29) is 5.24 Å². The third-order valence-corrected chi connectivity index (χ3v) is 1.06. The van der Waals surface area contributed by atoms with Crippen molar-refractivity contribution in [2.45, 2.75) is 19.9 Å². The van der Waals surface area contributed by atoms with Gasteiger partial charge in [0, 0.05) is 6.92 Å². The maximum absolute atomic E-state index is 9.57. The van der Waals surface area contributed by atoms with Gasteiger partial charge in [-0.1, -0.05) is 36.4 Å². The second-order valence-corrected chi connectivity index (χ2v) is 3.28. The van der Waals surface area contributed by atoms with E-state index in [1.165, 1.54) is 13.8 Å². The topological polar surface area (TPSA) is 80.4 Å². The minimum atomic E-state index is -0.963. The lowest BCUT2D eigenvalue weighted by Crippen LogP contribution is -2.25. The van der Waals surface area contributed by atoms with E-state index >= 15 is 0 Å². The largest absolute Gasteiger partial charge is 0.480 e. The maximum Gasteiger partial charge on any atom is 0.320 e. The molecule has 0 radical (unpaired) electrons. The summed E-state index contributed by atoms with van der Waals surface area (Å²) in [5, 5.41) is 7.50. The Hall–Kier alpha value is -1.39. The van der Waals surface area contributed by atoms with Crippen LogP contribution in [0.3, 0.4) is 0 Å². The Labute approximate surface area is 100 Å². The maximum atomic E-state index is 9.57. The Morgan fingerprint density at radius 3 is 1.31 bits per heavy atom. The van der Waals surface area contributed by atoms with Gasteiger partial charge in [0.05, 0.1) is 0 Å². The molecular formula is C11H16ClNO3. The van der Waals surface area contributed by atoms with Crippen molar-refractivity contribution in [1.82, 2.24) is 0 Å². The van der Waals surface area contributed by atoms with Gasteiger partial charge in [-0.05, 0) is 18.5 Å². The zero-order valence-electron chi connectivity index (χ0n) is 9.26. The third kappa shape index (κ3) is 22.9. The van der Waals surface area contributed by atoms with Crippen molar-refractivity contribution in [2.75, 3.05) is 0 Å². The highest BCUT2D eigenvalue weighted by Crippen LogP contribution is 1.79. The molecule has 0 aliphatic rings. The molecule has 0 aromatic heterocycles. The number of nitrogens with two attached hydrogens (primary N) is 1. The van der Waals surface area contributed by atoms with Crippen molar-refractivity contribution in [1.29, 1.82) is 0 Å². The van der Waals surface area contributed by atoms with E-state index in [4.69, 9.17) is 10.8 Å². The van der Waals surface area contributed by atoms with Crippen LogP contribution in [0.15, 0.2) is 36.4 Å². The summed E-state index contributed by atoms with van der Waals surface area (Å²) >= 11 is 4.64. The van der Waals surface area contributed by atoms with Crippen LogP contribution in [0.4, 0.5) is 0 Å². The standard InChI is InChI=1S/C6H6.C3H7NO2.C2H3ClO/c1-2-4-6-5-3-1;1-2(4)3(5)6;1-2(3)4/h1-6H;2H,4H2,1H3,(H,5,6);1H3. The van der Waals surface area contributed by atoms with Crippen LogP contribution < -0.4 is 5.73 Å². The second kappa shape index (κ2) is 11.7. The van der Waals surface area contributed by atoms with Gasteiger partial charge in [-0.3, -0.25) is 9.59 Å². The van der Waals surface area contributed by atoms with Gasteiger partial charge in [0.1, 0.15) is 6.04 Å². The zero-order chi connectivity index (χ0) is 13.0. The smallest absolute Gasteiger partial charge is 0.320 e. The molecule has 1 aromatic rings. The predicted molar refractivity (Wildman–Crippen MR) is 64.3 cm³/mol. The highest BCUT2D eigenvalue weighted by Gasteiger charge is 1.99. The zero-order valence-corrected chi connectivity index (χ0v) is 10.0. The molecule has 5 heteroatoms. The third-order valence-electron chi connectivity index (χ3n) is 1.06. The molecule has 0 saturated heterocycles. The fourth-order valence-electron chi connectivity index (χ4n) is 0.385. The average molecular weight is 246 g/mol. The second-order valence-electron chi connectivity index (χ2n) is 2.75. The molecule has 0 spiro atoms. The van der Waals surface area contributed by atoms with E-state index in [0.717, 1.165) is 0 Å². The molecule has 1 aromatic carbocycles. The van der Waals surface area contributed by atoms with E-state index in [1.54, 1.807) is 0 Å². The lowest BCUT2D eigenvalue weighted by atomic mass is 10.4. The number of carbonyl (C=O) groups is 2. The van der Waals surface area contributed by atoms with Crippen molar-refractivity contribution in [2.24, 2.45) is 5.73 Å². The lowest BCUT2D eigenvalue weighted by molar-refractivity contribution is -0.138. The number of hydrogen-bond donors (Lipinski definition) is 2. The molecule has 0 saturated carbocycles. The molecule has 0 fully saturated rings. The lowest BCUT2D eigenvalue weighted by Gasteiger charge is -1.90. The molecule has 1 atom stereocenters. The van der Waals surface area contributed by atoms with Crippen molar-refractivity contribution in [3.8, 4) is 0 Å². The summed E-state index contributed by atoms with van der Waals surface area (Å²) in [4.78, 5) is 18.8. The number of benzene rings is 1. The Bertz CT molecular complexity index is 258. The number of hydrogen-bond acceptors (Lipinski definition) is 3. The summed E-state index contributed by atoms with van der Waals surface area (Å²) in [6, 6.07) is 11.3. The fraction of sp³-hybridized carbons (Fsp3) is 0.273. The van der Waals surface area contributed by atoms with Gasteiger partial charge in [0.15, 0.2) is 0 Å². The van der Waals surface area contributed by atoms with Gasteiger partial charge in [-0.15, -0.1) is 0 Å². The van der Waals surface area contributed by atoms with Crippen molar-refractivity contribution in [3.05, 3.63) is 36.4 Å². The van der Waals surface area contributed by atoms with Crippen LogP contribution >= 0.6 is 11.6 Å². The Balaban J connectivity index is 0. The summed E-state index contributed by atoms with van der Waals surface area (Å²) in [5.41, 5.74) is 4.84. The van der Waals surface area contributed by atoms with Gasteiger partial charge in [0.2, 0.25) is 5.24 Å². The van der Waals surface area contributed by atoms with E-state index in [2.05, 4.69) is 11.6 Å². The number of carbonyl (C=O) groups excluding carboxylic acids is 1. The fourth-order valence-corrected chi connectivity index (χ4v) is 0.385. The first kappa shape index (κ1) is 17.0. The predicted octanol–water partition coefficient (Wildman–Crippen LogP) is 1.88. The summed E-state index contributed by atoms with van der Waals surface area (Å²) < 4.78 is 0. The normalized spacial score (nSPS) is 9.75. The first-order valence-corrected chi connectivity index (χ1v) is 4.90. The van der Waals surface area contributed by atoms with Crippen molar-refractivity contribution >= 4 is 22.8 Å². The minimum absolute atomic E-state index is 0.361. The molecule has 1 rings (SSSR count). The first-order chi connectivity index (χ1) is 7.37. The van der Waals surface area contributed by atoms with Gasteiger partial charge < -0.3 is 10.8 Å². The number of halogens is 1. The molecule has 0 aliphatic carbocycles. The summed E-state index contributed by atoms with van der Waals surface area (Å²) in [6.45, 7) is 2.71. The molecular weight excluding hydrogens is 230 g/mol. The molecule has 3 N–H and O–H groups in total. The number of carboxylic acid groups (broad SMARTS) is 1. The van der Waals surface area contributed by atoms with E-state index < -0.39 is 12.0 Å². The van der Waals surface area contributed by atoms with Crippen LogP contribution in [0, 0.1) is 0 Å². The SMILES string of the molecule is CC(=O)Cl.CC(N)C(=O)O.c1ccccc1. The summed E-state index contributed by atoms with van der Waals surface area (Å²) in [5.74, 6) is -0.963. The van der Waals surface area contributed by atoms with Gasteiger partial charge in [-0.2, -0.15) is 0 Å². The van der Waals surface area contributed by atoms with Gasteiger partial charge >= 0.3 is 5.97 Å². The summed E-state index contributed by atoms with van der Waals surface area (Å²) in [6.07, 6.45) is 0. The average Bonchev–Trinajstić information content (AvgIpc) is 2.20. The molecule has 0 heterocycles. The molecule has 0 amide bonds. The monoisotopic (exact) mass is 245 g/mol. The van der Waals surface area contributed by atoms with Crippen LogP contribution in [-0.4, -0.2) is 22.4 Å². The van der Waals surface area contributed by atoms with Crippen LogP contribution in [-0.2, 0) is 9.59 Å². The van der Waals surface area contributed by atoms with Crippen LogP contribution in [0.1, 0.15) is 13.8 Å². The minimum Gasteiger partial charge on any atom is -0.480 e. The highest BCUT2D eigenvalue weighted by molar-refractivity contribution is 6.62. The van der Waals surface area contributed by atoms with Gasteiger partial charge in [-0.25, -0.2) is 0 Å². The summed E-state index contributed by atoms with van der Waals surface area (Å²) in [7, 11) is 0. The van der Waals surface area contributed by atoms with E-state index in [1.807, 2.05) is 36.4 Å². The van der Waals surface area contributed by atoms with Crippen LogP contribution in [0.25, 0.3) is 0 Å². The van der Waals surface area contributed by atoms with Crippen LogP contribution in [0.2, 0.25) is 0 Å². The molecule has 0 bridgehead atoms. The number of carboxylic acids is 1. The highest BCUT2D eigenvalue weighted by atomic mass is 35.5. The molecule has 90 valence electrons. The van der Waals surface area contributed by atoms with E-state index in [9.17, 15) is 9.59 Å². The number of aliphatic carboxylic acids is 1. The van der Waals surface area contributed by atoms with Crippen molar-refractivity contribution in [3.63, 3.8) is 0 Å². The molecule has 1 unspecified atom stereocenters. The quantitative estimate of drug-likeness (QED) is 0.741. The first-order valence-electron chi connectivity index (χ1n) is 4.52. The van der Waals surface area contributed by atoms with Gasteiger partial charge in [0.25, 0.3) is 0 Å². The molecule has 0 aliphatic heterocycles. The Morgan fingerprint density at radius 1 is 1.12 bits per heavy atom. The van der Waals surface area contributed by atoms with Crippen LogP contribution in [0.5, 0.6) is 0 Å². The Kier molecular flexibility index (Phi) is 12.4. The molecule has 4 nitrogen and oxygen atoms in total. The molecule has 16 heavy (non-hydrogen) atoms. The van der Waals surface area contributed by atoms with Crippen molar-refractivity contribution < 1.29 is 14.7 Å².